The number of hydrogen-bond donors (Lipinski definition) is 1. The van der Waals surface area contributed by atoms with E-state index >= 15 is 0 Å². The van der Waals surface area contributed by atoms with Crippen molar-refractivity contribution in [2.75, 3.05) is 19.6 Å². The number of carbonyl (C=O) groups is 3. The van der Waals surface area contributed by atoms with Gasteiger partial charge in [0.05, 0.1) is 0 Å². The molecule has 3 amide bonds. The number of nitrogens with zero attached hydrogens (tertiary/aromatic N) is 2. The number of ether oxygens (including phenoxy) is 1. The average Bonchev–Trinajstić information content (AvgIpc) is 3.03. The van der Waals surface area contributed by atoms with Crippen LogP contribution in [-0.2, 0) is 14.3 Å². The number of carbonyl (C=O) groups excluding carboxylic acids is 3. The molecular weight excluding hydrogens is 334 g/mol. The number of rotatable bonds is 2. The molecule has 0 radical (unpaired) electrons. The van der Waals surface area contributed by atoms with E-state index in [0.717, 1.165) is 6.42 Å². The Bertz CT molecular complexity index is 606. The number of nitrogens with one attached hydrogen (secondary N) is 1. The zero-order valence-electron chi connectivity index (χ0n) is 16.1. The van der Waals surface area contributed by atoms with Crippen LogP contribution in [0.2, 0.25) is 0 Å². The van der Waals surface area contributed by atoms with Gasteiger partial charge in [0.25, 0.3) is 5.91 Å². The van der Waals surface area contributed by atoms with Gasteiger partial charge in [0.1, 0.15) is 11.6 Å². The van der Waals surface area contributed by atoms with Crippen LogP contribution in [0.5, 0.6) is 0 Å². The molecule has 26 heavy (non-hydrogen) atoms. The molecule has 2 aliphatic heterocycles. The highest BCUT2D eigenvalue weighted by atomic mass is 16.6. The van der Waals surface area contributed by atoms with Crippen LogP contribution in [0.1, 0.15) is 53.4 Å². The molecule has 0 aromatic heterocycles. The van der Waals surface area contributed by atoms with Gasteiger partial charge in [-0.15, -0.1) is 0 Å². The SMILES string of the molecule is CC#CC(=O)NC1CCN(C(=O)[C@@H]2CCCN2C(=O)OC(C)(C)C)CC1. The summed E-state index contributed by atoms with van der Waals surface area (Å²) in [4.78, 5) is 40.1. The van der Waals surface area contributed by atoms with Crippen LogP contribution in [0.25, 0.3) is 0 Å². The van der Waals surface area contributed by atoms with Crippen molar-refractivity contribution < 1.29 is 19.1 Å². The van der Waals surface area contributed by atoms with Crippen LogP contribution >= 0.6 is 0 Å². The Labute approximate surface area is 155 Å². The molecule has 1 atom stereocenters. The van der Waals surface area contributed by atoms with Crippen molar-refractivity contribution >= 4 is 17.9 Å². The molecule has 2 fully saturated rings. The first-order chi connectivity index (χ1) is 12.2. The van der Waals surface area contributed by atoms with E-state index in [0.29, 0.717) is 38.9 Å². The Morgan fingerprint density at radius 1 is 1.08 bits per heavy atom. The van der Waals surface area contributed by atoms with E-state index in [2.05, 4.69) is 17.2 Å². The maximum atomic E-state index is 12.9. The minimum atomic E-state index is -0.578. The smallest absolute Gasteiger partial charge is 0.410 e. The lowest BCUT2D eigenvalue weighted by molar-refractivity contribution is -0.137. The lowest BCUT2D eigenvalue weighted by atomic mass is 10.0. The normalized spacial score (nSPS) is 21.0. The molecular formula is C19H29N3O4. The van der Waals surface area contributed by atoms with Crippen molar-refractivity contribution in [2.45, 2.75) is 71.1 Å². The molecule has 0 aliphatic carbocycles. The van der Waals surface area contributed by atoms with E-state index in [4.69, 9.17) is 4.74 Å². The number of likely N-dealkylation sites (tertiary alicyclic amines) is 2. The molecule has 0 spiro atoms. The van der Waals surface area contributed by atoms with Gasteiger partial charge in [0, 0.05) is 25.7 Å². The van der Waals surface area contributed by atoms with Gasteiger partial charge >= 0.3 is 6.09 Å². The molecule has 7 heteroatoms. The third kappa shape index (κ3) is 5.38. The highest BCUT2D eigenvalue weighted by molar-refractivity contribution is 5.93. The minimum absolute atomic E-state index is 0.0218. The number of piperidine rings is 1. The Balaban J connectivity index is 1.89. The Morgan fingerprint density at radius 3 is 2.31 bits per heavy atom. The summed E-state index contributed by atoms with van der Waals surface area (Å²) in [7, 11) is 0. The quantitative estimate of drug-likeness (QED) is 0.755. The molecule has 0 saturated carbocycles. The lowest BCUT2D eigenvalue weighted by Crippen LogP contribution is -2.53. The lowest BCUT2D eigenvalue weighted by Gasteiger charge is -2.35. The summed E-state index contributed by atoms with van der Waals surface area (Å²) in [6, 6.07) is -0.403. The predicted molar refractivity (Wildman–Crippen MR) is 97.2 cm³/mol. The highest BCUT2D eigenvalue weighted by Gasteiger charge is 2.39. The molecule has 7 nitrogen and oxygen atoms in total. The van der Waals surface area contributed by atoms with Crippen molar-refractivity contribution in [3.8, 4) is 11.8 Å². The third-order valence-corrected chi connectivity index (χ3v) is 4.55. The molecule has 2 aliphatic rings. The van der Waals surface area contributed by atoms with Crippen LogP contribution < -0.4 is 5.32 Å². The summed E-state index contributed by atoms with van der Waals surface area (Å²) in [6.07, 6.45) is 2.44. The molecule has 0 bridgehead atoms. The van der Waals surface area contributed by atoms with Crippen molar-refractivity contribution in [3.05, 3.63) is 0 Å². The standard InChI is InChI=1S/C19H29N3O4/c1-5-7-16(23)20-14-9-12-21(13-10-14)17(24)15-8-6-11-22(15)18(25)26-19(2,3)4/h14-15H,6,8-13H2,1-4H3,(H,20,23)/t15-/m0/s1. The fraction of sp³-hybridized carbons (Fsp3) is 0.737. The van der Waals surface area contributed by atoms with Crippen LogP contribution in [0.4, 0.5) is 4.79 Å². The molecule has 1 N–H and O–H groups in total. The fourth-order valence-corrected chi connectivity index (χ4v) is 3.35. The summed E-state index contributed by atoms with van der Waals surface area (Å²) >= 11 is 0. The van der Waals surface area contributed by atoms with E-state index in [9.17, 15) is 14.4 Å². The van der Waals surface area contributed by atoms with Gasteiger partial charge in [0.15, 0.2) is 0 Å². The van der Waals surface area contributed by atoms with Gasteiger partial charge in [-0.2, -0.15) is 0 Å². The molecule has 0 unspecified atom stereocenters. The molecule has 2 heterocycles. The van der Waals surface area contributed by atoms with Crippen molar-refractivity contribution in [2.24, 2.45) is 0 Å². The minimum Gasteiger partial charge on any atom is -0.444 e. The number of hydrogen-bond acceptors (Lipinski definition) is 4. The van der Waals surface area contributed by atoms with Crippen molar-refractivity contribution in [3.63, 3.8) is 0 Å². The second-order valence-corrected chi connectivity index (χ2v) is 7.78. The topological polar surface area (TPSA) is 79.0 Å². The Morgan fingerprint density at radius 2 is 1.73 bits per heavy atom. The zero-order valence-corrected chi connectivity index (χ0v) is 16.1. The Kier molecular flexibility index (Phi) is 6.52. The monoisotopic (exact) mass is 363 g/mol. The van der Waals surface area contributed by atoms with Crippen LogP contribution in [-0.4, -0.2) is 65.0 Å². The molecule has 0 aromatic carbocycles. The van der Waals surface area contributed by atoms with Crippen molar-refractivity contribution in [1.29, 1.82) is 0 Å². The van der Waals surface area contributed by atoms with E-state index in [1.165, 1.54) is 0 Å². The summed E-state index contributed by atoms with van der Waals surface area (Å²) in [5.41, 5.74) is -0.578. The van der Waals surface area contributed by atoms with Gasteiger partial charge in [-0.25, -0.2) is 4.79 Å². The predicted octanol–water partition coefficient (Wildman–Crippen LogP) is 1.52. The fourth-order valence-electron chi connectivity index (χ4n) is 3.35. The largest absolute Gasteiger partial charge is 0.444 e. The summed E-state index contributed by atoms with van der Waals surface area (Å²) < 4.78 is 5.43. The second-order valence-electron chi connectivity index (χ2n) is 7.78. The molecule has 2 rings (SSSR count). The first-order valence-electron chi connectivity index (χ1n) is 9.23. The first kappa shape index (κ1) is 20.1. The molecule has 144 valence electrons. The Hall–Kier alpha value is -2.23. The van der Waals surface area contributed by atoms with E-state index in [1.807, 2.05) is 20.8 Å². The average molecular weight is 363 g/mol. The highest BCUT2D eigenvalue weighted by Crippen LogP contribution is 2.24. The van der Waals surface area contributed by atoms with Gasteiger partial charge in [0.2, 0.25) is 5.91 Å². The molecule has 2 saturated heterocycles. The number of amides is 3. The van der Waals surface area contributed by atoms with Crippen molar-refractivity contribution in [1.82, 2.24) is 15.1 Å². The van der Waals surface area contributed by atoms with Gasteiger partial charge in [-0.05, 0) is 59.3 Å². The van der Waals surface area contributed by atoms with Crippen LogP contribution in [0.3, 0.4) is 0 Å². The van der Waals surface area contributed by atoms with Gasteiger partial charge in [-0.1, -0.05) is 5.92 Å². The summed E-state index contributed by atoms with van der Waals surface area (Å²) in [6.45, 7) is 8.77. The van der Waals surface area contributed by atoms with Crippen LogP contribution in [0, 0.1) is 11.8 Å². The van der Waals surface area contributed by atoms with E-state index < -0.39 is 17.7 Å². The van der Waals surface area contributed by atoms with E-state index in [-0.39, 0.29) is 17.9 Å². The summed E-state index contributed by atoms with van der Waals surface area (Å²) in [5.74, 6) is 4.75. The zero-order chi connectivity index (χ0) is 19.3. The van der Waals surface area contributed by atoms with E-state index in [1.54, 1.807) is 16.7 Å². The van der Waals surface area contributed by atoms with Gasteiger partial charge in [-0.3, -0.25) is 14.5 Å². The second kappa shape index (κ2) is 8.43. The summed E-state index contributed by atoms with van der Waals surface area (Å²) in [5, 5.41) is 2.87. The first-order valence-corrected chi connectivity index (χ1v) is 9.23. The van der Waals surface area contributed by atoms with Gasteiger partial charge < -0.3 is 15.0 Å². The third-order valence-electron chi connectivity index (χ3n) is 4.55. The maximum Gasteiger partial charge on any atom is 0.410 e. The molecule has 0 aromatic rings. The maximum absolute atomic E-state index is 12.9. The van der Waals surface area contributed by atoms with Crippen LogP contribution in [0.15, 0.2) is 0 Å².